The maximum absolute atomic E-state index is 12.0. The Balaban J connectivity index is 1.53. The topological polar surface area (TPSA) is 72.0 Å². The third-order valence-corrected chi connectivity index (χ3v) is 4.41. The Morgan fingerprint density at radius 1 is 0.968 bits per heavy atom. The SMILES string of the molecule is CCOc1cc(/C=N\NC(=O)CNc2ccc(C)cc2)ccc1OCc1ccccc1. The van der Waals surface area contributed by atoms with Crippen LogP contribution >= 0.6 is 0 Å². The highest BCUT2D eigenvalue weighted by Crippen LogP contribution is 2.28. The summed E-state index contributed by atoms with van der Waals surface area (Å²) >= 11 is 0. The summed E-state index contributed by atoms with van der Waals surface area (Å²) in [5.74, 6) is 1.06. The summed E-state index contributed by atoms with van der Waals surface area (Å²) in [7, 11) is 0. The van der Waals surface area contributed by atoms with Gasteiger partial charge in [0.1, 0.15) is 6.61 Å². The zero-order chi connectivity index (χ0) is 21.9. The van der Waals surface area contributed by atoms with Crippen LogP contribution in [0.2, 0.25) is 0 Å². The predicted molar refractivity (Wildman–Crippen MR) is 124 cm³/mol. The van der Waals surface area contributed by atoms with Gasteiger partial charge < -0.3 is 14.8 Å². The van der Waals surface area contributed by atoms with Gasteiger partial charge in [0.2, 0.25) is 0 Å². The Morgan fingerprint density at radius 2 is 1.74 bits per heavy atom. The number of amides is 1. The summed E-state index contributed by atoms with van der Waals surface area (Å²) in [6.07, 6.45) is 1.58. The number of nitrogens with zero attached hydrogens (tertiary/aromatic N) is 1. The maximum Gasteiger partial charge on any atom is 0.259 e. The quantitative estimate of drug-likeness (QED) is 0.375. The van der Waals surface area contributed by atoms with Crippen molar-refractivity contribution < 1.29 is 14.3 Å². The molecule has 0 saturated heterocycles. The van der Waals surface area contributed by atoms with Gasteiger partial charge in [-0.25, -0.2) is 5.43 Å². The summed E-state index contributed by atoms with van der Waals surface area (Å²) in [5.41, 5.74) is 6.45. The third kappa shape index (κ3) is 7.19. The molecule has 0 heterocycles. The van der Waals surface area contributed by atoms with Gasteiger partial charge in [-0.05, 0) is 55.3 Å². The summed E-state index contributed by atoms with van der Waals surface area (Å²) in [6.45, 7) is 5.05. The van der Waals surface area contributed by atoms with Crippen molar-refractivity contribution in [2.24, 2.45) is 5.10 Å². The number of rotatable bonds is 10. The Bertz CT molecular complexity index is 1000. The highest BCUT2D eigenvalue weighted by atomic mass is 16.5. The molecule has 0 bridgehead atoms. The van der Waals surface area contributed by atoms with E-state index in [9.17, 15) is 4.79 Å². The van der Waals surface area contributed by atoms with Crippen LogP contribution in [0.4, 0.5) is 5.69 Å². The molecule has 3 aromatic carbocycles. The van der Waals surface area contributed by atoms with Crippen LogP contribution < -0.4 is 20.2 Å². The molecule has 1 amide bonds. The lowest BCUT2D eigenvalue weighted by Crippen LogP contribution is -2.25. The summed E-state index contributed by atoms with van der Waals surface area (Å²) in [4.78, 5) is 12.0. The van der Waals surface area contributed by atoms with E-state index in [-0.39, 0.29) is 12.5 Å². The molecule has 0 unspecified atom stereocenters. The lowest BCUT2D eigenvalue weighted by Gasteiger charge is -2.12. The highest BCUT2D eigenvalue weighted by molar-refractivity contribution is 5.84. The zero-order valence-electron chi connectivity index (χ0n) is 17.8. The van der Waals surface area contributed by atoms with Crippen LogP contribution in [-0.2, 0) is 11.4 Å². The van der Waals surface area contributed by atoms with Gasteiger partial charge in [-0.3, -0.25) is 4.79 Å². The molecule has 3 rings (SSSR count). The van der Waals surface area contributed by atoms with Crippen LogP contribution in [0.3, 0.4) is 0 Å². The Morgan fingerprint density at radius 3 is 2.48 bits per heavy atom. The number of hydrogen-bond donors (Lipinski definition) is 2. The van der Waals surface area contributed by atoms with E-state index in [1.54, 1.807) is 6.21 Å². The van der Waals surface area contributed by atoms with Crippen LogP contribution in [-0.4, -0.2) is 25.3 Å². The third-order valence-electron chi connectivity index (χ3n) is 4.41. The lowest BCUT2D eigenvalue weighted by molar-refractivity contribution is -0.119. The molecule has 0 spiro atoms. The van der Waals surface area contributed by atoms with E-state index in [0.717, 1.165) is 16.8 Å². The average molecular weight is 418 g/mol. The van der Waals surface area contributed by atoms with Crippen molar-refractivity contribution >= 4 is 17.8 Å². The maximum atomic E-state index is 12.0. The largest absolute Gasteiger partial charge is 0.490 e. The first-order valence-corrected chi connectivity index (χ1v) is 10.2. The van der Waals surface area contributed by atoms with Gasteiger partial charge in [-0.2, -0.15) is 5.10 Å². The van der Waals surface area contributed by atoms with Crippen LogP contribution in [0.1, 0.15) is 23.6 Å². The number of ether oxygens (including phenoxy) is 2. The van der Waals surface area contributed by atoms with E-state index in [0.29, 0.717) is 24.7 Å². The number of hydrogen-bond acceptors (Lipinski definition) is 5. The van der Waals surface area contributed by atoms with Crippen LogP contribution in [0.15, 0.2) is 77.9 Å². The average Bonchev–Trinajstić information content (AvgIpc) is 2.79. The van der Waals surface area contributed by atoms with E-state index in [4.69, 9.17) is 9.47 Å². The molecule has 0 aliphatic carbocycles. The molecule has 0 aromatic heterocycles. The zero-order valence-corrected chi connectivity index (χ0v) is 17.8. The molecule has 0 aliphatic rings. The number of anilines is 1. The van der Waals surface area contributed by atoms with Crippen molar-refractivity contribution in [1.29, 1.82) is 0 Å². The fraction of sp³-hybridized carbons (Fsp3) is 0.200. The highest BCUT2D eigenvalue weighted by Gasteiger charge is 2.07. The molecular formula is C25H27N3O3. The molecule has 6 heteroatoms. The Labute approximate surface area is 182 Å². The van der Waals surface area contributed by atoms with Crippen molar-refractivity contribution in [2.75, 3.05) is 18.5 Å². The lowest BCUT2D eigenvalue weighted by atomic mass is 10.2. The molecule has 3 aromatic rings. The molecule has 160 valence electrons. The van der Waals surface area contributed by atoms with E-state index in [1.807, 2.05) is 86.6 Å². The van der Waals surface area contributed by atoms with Gasteiger partial charge in [0.15, 0.2) is 11.5 Å². The van der Waals surface area contributed by atoms with E-state index in [2.05, 4.69) is 15.8 Å². The van der Waals surface area contributed by atoms with Crippen LogP contribution in [0.5, 0.6) is 11.5 Å². The molecule has 0 saturated carbocycles. The minimum atomic E-state index is -0.232. The normalized spacial score (nSPS) is 10.6. The molecule has 6 nitrogen and oxygen atoms in total. The molecular weight excluding hydrogens is 390 g/mol. The van der Waals surface area contributed by atoms with Gasteiger partial charge in [0, 0.05) is 5.69 Å². The second kappa shape index (κ2) is 11.4. The fourth-order valence-electron chi connectivity index (χ4n) is 2.80. The van der Waals surface area contributed by atoms with E-state index < -0.39 is 0 Å². The minimum Gasteiger partial charge on any atom is -0.490 e. The van der Waals surface area contributed by atoms with Gasteiger partial charge in [0.25, 0.3) is 5.91 Å². The molecule has 31 heavy (non-hydrogen) atoms. The first kappa shape index (κ1) is 21.9. The first-order chi connectivity index (χ1) is 15.1. The second-order valence-corrected chi connectivity index (χ2v) is 6.93. The van der Waals surface area contributed by atoms with Crippen molar-refractivity contribution in [1.82, 2.24) is 5.43 Å². The molecule has 2 N–H and O–H groups in total. The molecule has 0 radical (unpaired) electrons. The number of carbonyl (C=O) groups is 1. The summed E-state index contributed by atoms with van der Waals surface area (Å²) < 4.78 is 11.6. The number of carbonyl (C=O) groups excluding carboxylic acids is 1. The molecule has 0 aliphatic heterocycles. The van der Waals surface area contributed by atoms with Crippen molar-refractivity contribution in [3.8, 4) is 11.5 Å². The minimum absolute atomic E-state index is 0.136. The van der Waals surface area contributed by atoms with Gasteiger partial charge in [-0.15, -0.1) is 0 Å². The summed E-state index contributed by atoms with van der Waals surface area (Å²) in [6, 6.07) is 23.3. The number of hydrazone groups is 1. The number of aryl methyl sites for hydroxylation is 1. The van der Waals surface area contributed by atoms with Crippen molar-refractivity contribution in [2.45, 2.75) is 20.5 Å². The van der Waals surface area contributed by atoms with Crippen molar-refractivity contribution in [3.05, 3.63) is 89.5 Å². The van der Waals surface area contributed by atoms with Crippen LogP contribution in [0, 0.1) is 6.92 Å². The molecule has 0 fully saturated rings. The monoisotopic (exact) mass is 417 g/mol. The smallest absolute Gasteiger partial charge is 0.259 e. The van der Waals surface area contributed by atoms with Gasteiger partial charge >= 0.3 is 0 Å². The standard InChI is InChI=1S/C25H27N3O3/c1-3-30-24-15-21(11-14-23(24)31-18-20-7-5-4-6-8-20)16-27-28-25(29)17-26-22-12-9-19(2)10-13-22/h4-16,26H,3,17-18H2,1-2H3,(H,28,29)/b27-16-. The van der Waals surface area contributed by atoms with E-state index in [1.165, 1.54) is 5.56 Å². The van der Waals surface area contributed by atoms with Crippen LogP contribution in [0.25, 0.3) is 0 Å². The second-order valence-electron chi connectivity index (χ2n) is 6.93. The Kier molecular flexibility index (Phi) is 8.05. The van der Waals surface area contributed by atoms with E-state index >= 15 is 0 Å². The Hall–Kier alpha value is -3.80. The number of benzene rings is 3. The van der Waals surface area contributed by atoms with Gasteiger partial charge in [-0.1, -0.05) is 48.0 Å². The predicted octanol–water partition coefficient (Wildman–Crippen LogP) is 4.53. The number of nitrogens with one attached hydrogen (secondary N) is 2. The fourth-order valence-corrected chi connectivity index (χ4v) is 2.80. The van der Waals surface area contributed by atoms with Gasteiger partial charge in [0.05, 0.1) is 19.4 Å². The first-order valence-electron chi connectivity index (χ1n) is 10.2. The molecule has 0 atom stereocenters. The van der Waals surface area contributed by atoms with Crippen molar-refractivity contribution in [3.63, 3.8) is 0 Å². The summed E-state index contributed by atoms with van der Waals surface area (Å²) in [5, 5.41) is 7.09.